The van der Waals surface area contributed by atoms with Gasteiger partial charge >= 0.3 is 0 Å². The molecule has 1 rings (SSSR count). The Balaban J connectivity index is 0.000000291. The predicted octanol–water partition coefficient (Wildman–Crippen LogP) is 1.49. The van der Waals surface area contributed by atoms with Gasteiger partial charge in [-0.2, -0.15) is 0 Å². The standard InChI is InChI=1S/C6H6O.CN/c7-6-4-2-1-3-5-6;1-2/h1-5,7H;/q;-1. The monoisotopic (exact) mass is 120 g/mol. The summed E-state index contributed by atoms with van der Waals surface area (Å²) in [4.78, 5) is 0. The Bertz CT molecular complexity index is 169. The van der Waals surface area contributed by atoms with Gasteiger partial charge in [0.2, 0.25) is 0 Å². The molecular weight excluding hydrogens is 114 g/mol. The lowest BCUT2D eigenvalue weighted by Gasteiger charge is -1.82. The summed E-state index contributed by atoms with van der Waals surface area (Å²) in [6, 6.07) is 8.71. The molecule has 0 aliphatic rings. The zero-order valence-electron chi connectivity index (χ0n) is 4.78. The van der Waals surface area contributed by atoms with E-state index >= 15 is 0 Å². The molecule has 0 spiro atoms. The van der Waals surface area contributed by atoms with Crippen molar-refractivity contribution >= 4 is 0 Å². The summed E-state index contributed by atoms with van der Waals surface area (Å²) in [7, 11) is 0. The molecule has 1 N–H and O–H groups in total. The molecule has 2 heteroatoms. The zero-order valence-corrected chi connectivity index (χ0v) is 4.78. The third-order valence-corrected chi connectivity index (χ3v) is 0.756. The van der Waals surface area contributed by atoms with E-state index in [9.17, 15) is 0 Å². The van der Waals surface area contributed by atoms with Gasteiger partial charge < -0.3 is 16.9 Å². The molecule has 1 aromatic carbocycles. The highest BCUT2D eigenvalue weighted by Crippen LogP contribution is 2.02. The minimum absolute atomic E-state index is 0.322. The Morgan fingerprint density at radius 3 is 1.78 bits per heavy atom. The second-order valence-corrected chi connectivity index (χ2v) is 1.34. The third-order valence-electron chi connectivity index (χ3n) is 0.756. The van der Waals surface area contributed by atoms with Gasteiger partial charge in [0.1, 0.15) is 5.75 Å². The first-order chi connectivity index (χ1) is 4.39. The molecule has 2 nitrogen and oxygen atoms in total. The first kappa shape index (κ1) is 7.51. The van der Waals surface area contributed by atoms with Crippen molar-refractivity contribution in [2.45, 2.75) is 0 Å². The maximum Gasteiger partial charge on any atom is 0.115 e. The van der Waals surface area contributed by atoms with Gasteiger partial charge in [-0.3, -0.25) is 0 Å². The highest BCUT2D eigenvalue weighted by atomic mass is 16.3. The first-order valence-electron chi connectivity index (χ1n) is 2.36. The summed E-state index contributed by atoms with van der Waals surface area (Å²) in [5.74, 6) is 0.322. The summed E-state index contributed by atoms with van der Waals surface area (Å²) in [5.41, 5.74) is 0. The molecule has 0 unspecified atom stereocenters. The Morgan fingerprint density at radius 2 is 1.56 bits per heavy atom. The van der Waals surface area contributed by atoms with Gasteiger partial charge in [0.05, 0.1) is 0 Å². The Hall–Kier alpha value is -1.49. The van der Waals surface area contributed by atoms with E-state index in [1.807, 2.05) is 6.07 Å². The van der Waals surface area contributed by atoms with Crippen molar-refractivity contribution in [2.24, 2.45) is 0 Å². The van der Waals surface area contributed by atoms with Gasteiger partial charge in [-0.15, -0.1) is 0 Å². The van der Waals surface area contributed by atoms with Crippen LogP contribution in [0.1, 0.15) is 0 Å². The van der Waals surface area contributed by atoms with Gasteiger partial charge in [-0.25, -0.2) is 0 Å². The molecule has 9 heavy (non-hydrogen) atoms. The fourth-order valence-electron chi connectivity index (χ4n) is 0.428. The average molecular weight is 120 g/mol. The van der Waals surface area contributed by atoms with Gasteiger partial charge in [0.15, 0.2) is 0 Å². The molecule has 0 atom stereocenters. The maximum absolute atomic E-state index is 8.63. The van der Waals surface area contributed by atoms with Crippen molar-refractivity contribution in [1.82, 2.24) is 0 Å². The van der Waals surface area contributed by atoms with Crippen molar-refractivity contribution in [1.29, 1.82) is 5.26 Å². The Morgan fingerprint density at radius 1 is 1.11 bits per heavy atom. The van der Waals surface area contributed by atoms with E-state index in [4.69, 9.17) is 16.9 Å². The fourth-order valence-corrected chi connectivity index (χ4v) is 0.428. The molecular formula is C7H6NO-. The number of rotatable bonds is 0. The van der Waals surface area contributed by atoms with E-state index in [2.05, 4.69) is 0 Å². The quantitative estimate of drug-likeness (QED) is 0.527. The van der Waals surface area contributed by atoms with E-state index in [-0.39, 0.29) is 0 Å². The number of nitrogens with zero attached hydrogens (tertiary/aromatic N) is 1. The van der Waals surface area contributed by atoms with Crippen LogP contribution in [0, 0.1) is 11.8 Å². The number of hydrogen-bond donors (Lipinski definition) is 1. The SMILES string of the molecule is Oc1ccccc1.[C-]#N. The number of benzene rings is 1. The van der Waals surface area contributed by atoms with Crippen molar-refractivity contribution in [2.75, 3.05) is 0 Å². The smallest absolute Gasteiger partial charge is 0.115 e. The van der Waals surface area contributed by atoms with Crippen LogP contribution < -0.4 is 0 Å². The Labute approximate surface area is 54.0 Å². The molecule has 1 aromatic rings. The van der Waals surface area contributed by atoms with Gasteiger partial charge in [0.25, 0.3) is 0 Å². The molecule has 0 aliphatic carbocycles. The number of phenols is 1. The second kappa shape index (κ2) is 4.66. The first-order valence-corrected chi connectivity index (χ1v) is 2.36. The second-order valence-electron chi connectivity index (χ2n) is 1.34. The minimum Gasteiger partial charge on any atom is -0.512 e. The van der Waals surface area contributed by atoms with Crippen LogP contribution in [0.15, 0.2) is 30.3 Å². The van der Waals surface area contributed by atoms with Gasteiger partial charge in [0, 0.05) is 0 Å². The molecule has 0 radical (unpaired) electrons. The van der Waals surface area contributed by atoms with E-state index in [1.54, 1.807) is 24.3 Å². The lowest BCUT2D eigenvalue weighted by atomic mass is 10.3. The molecule has 46 valence electrons. The molecule has 0 bridgehead atoms. The summed E-state index contributed by atoms with van der Waals surface area (Å²) >= 11 is 0. The van der Waals surface area contributed by atoms with Crippen molar-refractivity contribution in [3.8, 4) is 5.75 Å². The van der Waals surface area contributed by atoms with Crippen LogP contribution in [0.25, 0.3) is 0 Å². The van der Waals surface area contributed by atoms with Gasteiger partial charge in [-0.1, -0.05) is 18.2 Å². The van der Waals surface area contributed by atoms with E-state index < -0.39 is 0 Å². The summed E-state index contributed by atoms with van der Waals surface area (Å²) in [6.45, 7) is 4.75. The molecule has 0 aliphatic heterocycles. The summed E-state index contributed by atoms with van der Waals surface area (Å²) in [6.07, 6.45) is 0. The minimum atomic E-state index is 0.322. The number of phenolic OH excluding ortho intramolecular Hbond substituents is 1. The maximum atomic E-state index is 8.63. The third kappa shape index (κ3) is 3.12. The molecule has 0 heterocycles. The number of hydrogen-bond acceptors (Lipinski definition) is 2. The molecule has 0 amide bonds. The van der Waals surface area contributed by atoms with Gasteiger partial charge in [-0.05, 0) is 12.1 Å². The molecule has 0 saturated heterocycles. The van der Waals surface area contributed by atoms with Crippen LogP contribution in [-0.2, 0) is 0 Å². The topological polar surface area (TPSA) is 44.0 Å². The molecule has 0 aromatic heterocycles. The number of aromatic hydroxyl groups is 1. The van der Waals surface area contributed by atoms with Crippen LogP contribution in [0.3, 0.4) is 0 Å². The lowest BCUT2D eigenvalue weighted by Crippen LogP contribution is -1.56. The van der Waals surface area contributed by atoms with Crippen LogP contribution in [0.5, 0.6) is 5.75 Å². The van der Waals surface area contributed by atoms with Crippen LogP contribution in [-0.4, -0.2) is 5.11 Å². The van der Waals surface area contributed by atoms with Crippen LogP contribution in [0.4, 0.5) is 0 Å². The van der Waals surface area contributed by atoms with Crippen molar-refractivity contribution in [3.05, 3.63) is 36.9 Å². The lowest BCUT2D eigenvalue weighted by molar-refractivity contribution is 0.475. The fraction of sp³-hybridized carbons (Fsp3) is 0. The van der Waals surface area contributed by atoms with Crippen molar-refractivity contribution < 1.29 is 5.11 Å². The summed E-state index contributed by atoms with van der Waals surface area (Å²) in [5, 5.41) is 14.9. The molecule has 0 saturated carbocycles. The van der Waals surface area contributed by atoms with E-state index in [0.717, 1.165) is 0 Å². The molecule has 0 fully saturated rings. The van der Waals surface area contributed by atoms with Crippen molar-refractivity contribution in [3.63, 3.8) is 0 Å². The van der Waals surface area contributed by atoms with E-state index in [0.29, 0.717) is 5.75 Å². The Kier molecular flexibility index (Phi) is 3.89. The largest absolute Gasteiger partial charge is 0.512 e. The zero-order chi connectivity index (χ0) is 7.11. The van der Waals surface area contributed by atoms with E-state index in [1.165, 1.54) is 0 Å². The summed E-state index contributed by atoms with van der Waals surface area (Å²) < 4.78 is 0. The highest BCUT2D eigenvalue weighted by Gasteiger charge is 1.74. The van der Waals surface area contributed by atoms with Crippen LogP contribution in [0.2, 0.25) is 0 Å². The van der Waals surface area contributed by atoms with Crippen LogP contribution >= 0.6 is 0 Å². The normalized spacial score (nSPS) is 6.89. The highest BCUT2D eigenvalue weighted by molar-refractivity contribution is 5.18. The number of para-hydroxylation sites is 1. The average Bonchev–Trinajstić information content (AvgIpc) is 1.94. The predicted molar refractivity (Wildman–Crippen MR) is 33.1 cm³/mol.